The van der Waals surface area contributed by atoms with Crippen molar-refractivity contribution in [3.8, 4) is 0 Å². The van der Waals surface area contributed by atoms with Gasteiger partial charge in [0.15, 0.2) is 0 Å². The third-order valence-electron chi connectivity index (χ3n) is 4.07. The first-order valence-corrected chi connectivity index (χ1v) is 10.3. The second-order valence-corrected chi connectivity index (χ2v) is 8.05. The summed E-state index contributed by atoms with van der Waals surface area (Å²) in [7, 11) is 0. The van der Waals surface area contributed by atoms with Crippen molar-refractivity contribution in [2.75, 3.05) is 50.4 Å². The molecule has 8 nitrogen and oxygen atoms in total. The van der Waals surface area contributed by atoms with Crippen LogP contribution in [0.25, 0.3) is 0 Å². The normalized spacial score (nSPS) is 14.8. The Morgan fingerprint density at radius 2 is 1.86 bits per heavy atom. The number of para-hydroxylation sites is 1. The number of primary amides is 1. The Hall–Kier alpha value is -2.26. The minimum Gasteiger partial charge on any atom is -0.449 e. The predicted molar refractivity (Wildman–Crippen MR) is 109 cm³/mol. The first-order chi connectivity index (χ1) is 13.3. The standard InChI is InChI=1S/C19H28N4O4S/c1-14(2)12-27-19(26)23-9-7-22(8-10-23)11-18(25)21-15-5-3-4-6-16(15)28-13-17(20)24/h3-6,14H,7-13H2,1-2H3,(H2,20,24)(H,21,25). The lowest BCUT2D eigenvalue weighted by atomic mass is 10.2. The van der Waals surface area contributed by atoms with E-state index in [1.54, 1.807) is 11.0 Å². The van der Waals surface area contributed by atoms with E-state index in [0.717, 1.165) is 4.90 Å². The van der Waals surface area contributed by atoms with Crippen LogP contribution in [0.5, 0.6) is 0 Å². The number of anilines is 1. The third-order valence-corrected chi connectivity index (χ3v) is 5.16. The summed E-state index contributed by atoms with van der Waals surface area (Å²) in [6.45, 7) is 6.94. The maximum atomic E-state index is 12.4. The van der Waals surface area contributed by atoms with Crippen LogP contribution in [0.4, 0.5) is 10.5 Å². The molecule has 3 N–H and O–H groups in total. The molecule has 3 amide bonds. The molecular formula is C19H28N4O4S. The molecule has 2 rings (SSSR count). The van der Waals surface area contributed by atoms with Crippen molar-refractivity contribution in [3.05, 3.63) is 24.3 Å². The van der Waals surface area contributed by atoms with Gasteiger partial charge in [0.2, 0.25) is 11.8 Å². The molecule has 0 aliphatic carbocycles. The molecule has 1 aliphatic heterocycles. The van der Waals surface area contributed by atoms with Gasteiger partial charge >= 0.3 is 6.09 Å². The second-order valence-electron chi connectivity index (χ2n) is 7.03. The second kappa shape index (κ2) is 10.9. The van der Waals surface area contributed by atoms with Gasteiger partial charge in [-0.1, -0.05) is 26.0 Å². The van der Waals surface area contributed by atoms with Gasteiger partial charge in [0.1, 0.15) is 0 Å². The average Bonchev–Trinajstić information content (AvgIpc) is 2.65. The summed E-state index contributed by atoms with van der Waals surface area (Å²) in [6.07, 6.45) is -0.293. The highest BCUT2D eigenvalue weighted by atomic mass is 32.2. The zero-order valence-corrected chi connectivity index (χ0v) is 17.2. The quantitative estimate of drug-likeness (QED) is 0.633. The molecule has 1 aromatic rings. The first kappa shape index (κ1) is 22.0. The van der Waals surface area contributed by atoms with E-state index < -0.39 is 5.91 Å². The van der Waals surface area contributed by atoms with Crippen LogP contribution in [0.1, 0.15) is 13.8 Å². The number of carbonyl (C=O) groups is 3. The summed E-state index contributed by atoms with van der Waals surface area (Å²) in [5.74, 6) is -0.0845. The number of piperazine rings is 1. The molecule has 28 heavy (non-hydrogen) atoms. The topological polar surface area (TPSA) is 105 Å². The summed E-state index contributed by atoms with van der Waals surface area (Å²) >= 11 is 1.29. The molecular weight excluding hydrogens is 380 g/mol. The third kappa shape index (κ3) is 7.40. The van der Waals surface area contributed by atoms with Crippen molar-refractivity contribution < 1.29 is 19.1 Å². The maximum Gasteiger partial charge on any atom is 0.409 e. The van der Waals surface area contributed by atoms with Gasteiger partial charge in [-0.25, -0.2) is 4.79 Å². The van der Waals surface area contributed by atoms with Gasteiger partial charge in [0.05, 0.1) is 24.6 Å². The molecule has 0 saturated carbocycles. The summed E-state index contributed by atoms with van der Waals surface area (Å²) in [5.41, 5.74) is 5.85. The zero-order valence-electron chi connectivity index (χ0n) is 16.3. The van der Waals surface area contributed by atoms with Gasteiger partial charge in [0.25, 0.3) is 0 Å². The Kier molecular flexibility index (Phi) is 8.59. The largest absolute Gasteiger partial charge is 0.449 e. The van der Waals surface area contributed by atoms with Gasteiger partial charge in [-0.15, -0.1) is 11.8 Å². The fraction of sp³-hybridized carbons (Fsp3) is 0.526. The molecule has 9 heteroatoms. The van der Waals surface area contributed by atoms with Crippen molar-refractivity contribution in [2.45, 2.75) is 18.7 Å². The number of benzene rings is 1. The molecule has 1 heterocycles. The van der Waals surface area contributed by atoms with Crippen LogP contribution in [-0.4, -0.2) is 72.8 Å². The van der Waals surface area contributed by atoms with Crippen LogP contribution >= 0.6 is 11.8 Å². The molecule has 0 bridgehead atoms. The van der Waals surface area contributed by atoms with Crippen molar-refractivity contribution in [2.24, 2.45) is 11.7 Å². The van der Waals surface area contributed by atoms with Gasteiger partial charge < -0.3 is 20.7 Å². The molecule has 0 spiro atoms. The van der Waals surface area contributed by atoms with Gasteiger partial charge in [-0.2, -0.15) is 0 Å². The highest BCUT2D eigenvalue weighted by Gasteiger charge is 2.23. The van der Waals surface area contributed by atoms with E-state index in [2.05, 4.69) is 5.32 Å². The SMILES string of the molecule is CC(C)COC(=O)N1CCN(CC(=O)Nc2ccccc2SCC(N)=O)CC1. The molecule has 0 radical (unpaired) electrons. The highest BCUT2D eigenvalue weighted by Crippen LogP contribution is 2.26. The van der Waals surface area contributed by atoms with E-state index in [-0.39, 0.29) is 24.3 Å². The van der Waals surface area contributed by atoms with E-state index in [1.807, 2.05) is 36.9 Å². The van der Waals surface area contributed by atoms with E-state index >= 15 is 0 Å². The van der Waals surface area contributed by atoms with Gasteiger partial charge in [-0.05, 0) is 18.1 Å². The number of carbonyl (C=O) groups excluding carboxylic acids is 3. The molecule has 1 fully saturated rings. The van der Waals surface area contributed by atoms with Crippen molar-refractivity contribution >= 4 is 35.4 Å². The van der Waals surface area contributed by atoms with E-state index in [4.69, 9.17) is 10.5 Å². The average molecular weight is 409 g/mol. The number of nitrogens with zero attached hydrogens (tertiary/aromatic N) is 2. The molecule has 0 atom stereocenters. The molecule has 154 valence electrons. The monoisotopic (exact) mass is 408 g/mol. The number of ether oxygens (including phenoxy) is 1. The maximum absolute atomic E-state index is 12.4. The lowest BCUT2D eigenvalue weighted by molar-refractivity contribution is -0.117. The Bertz CT molecular complexity index is 690. The number of amides is 3. The number of hydrogen-bond acceptors (Lipinski definition) is 6. The van der Waals surface area contributed by atoms with E-state index in [1.165, 1.54) is 11.8 Å². The summed E-state index contributed by atoms with van der Waals surface area (Å²) < 4.78 is 5.25. The van der Waals surface area contributed by atoms with E-state index in [0.29, 0.717) is 44.4 Å². The van der Waals surface area contributed by atoms with Crippen LogP contribution in [0.15, 0.2) is 29.2 Å². The molecule has 0 aromatic heterocycles. The lowest BCUT2D eigenvalue weighted by Gasteiger charge is -2.33. The van der Waals surface area contributed by atoms with Crippen molar-refractivity contribution in [1.29, 1.82) is 0 Å². The number of rotatable bonds is 8. The van der Waals surface area contributed by atoms with Crippen molar-refractivity contribution in [3.63, 3.8) is 0 Å². The Labute approximate surface area is 169 Å². The summed E-state index contributed by atoms with van der Waals surface area (Å²) in [5, 5.41) is 2.89. The minimum absolute atomic E-state index is 0.136. The Morgan fingerprint density at radius 1 is 1.18 bits per heavy atom. The van der Waals surface area contributed by atoms with Crippen LogP contribution in [-0.2, 0) is 14.3 Å². The fourth-order valence-corrected chi connectivity index (χ4v) is 3.40. The van der Waals surface area contributed by atoms with Crippen LogP contribution < -0.4 is 11.1 Å². The molecule has 1 aliphatic rings. The molecule has 1 saturated heterocycles. The van der Waals surface area contributed by atoms with Gasteiger partial charge in [-0.3, -0.25) is 14.5 Å². The highest BCUT2D eigenvalue weighted by molar-refractivity contribution is 8.00. The molecule has 1 aromatic carbocycles. The zero-order chi connectivity index (χ0) is 20.5. The summed E-state index contributed by atoms with van der Waals surface area (Å²) in [6, 6.07) is 7.30. The summed E-state index contributed by atoms with van der Waals surface area (Å²) in [4.78, 5) is 39.9. The minimum atomic E-state index is -0.407. The lowest BCUT2D eigenvalue weighted by Crippen LogP contribution is -2.50. The fourth-order valence-electron chi connectivity index (χ4n) is 2.66. The number of hydrogen-bond donors (Lipinski definition) is 2. The van der Waals surface area contributed by atoms with Crippen LogP contribution in [0.3, 0.4) is 0 Å². The number of nitrogens with two attached hydrogens (primary N) is 1. The Morgan fingerprint density at radius 3 is 2.50 bits per heavy atom. The molecule has 0 unspecified atom stereocenters. The van der Waals surface area contributed by atoms with Crippen LogP contribution in [0, 0.1) is 5.92 Å². The number of thioether (sulfide) groups is 1. The smallest absolute Gasteiger partial charge is 0.409 e. The Balaban J connectivity index is 1.79. The first-order valence-electron chi connectivity index (χ1n) is 9.29. The van der Waals surface area contributed by atoms with Gasteiger partial charge in [0, 0.05) is 31.1 Å². The number of nitrogens with one attached hydrogen (secondary N) is 1. The predicted octanol–water partition coefficient (Wildman–Crippen LogP) is 1.61. The van der Waals surface area contributed by atoms with E-state index in [9.17, 15) is 14.4 Å². The van der Waals surface area contributed by atoms with Crippen molar-refractivity contribution in [1.82, 2.24) is 9.80 Å². The van der Waals surface area contributed by atoms with Crippen LogP contribution in [0.2, 0.25) is 0 Å².